The molecule has 2 aromatic carbocycles. The van der Waals surface area contributed by atoms with Gasteiger partial charge < -0.3 is 9.15 Å². The summed E-state index contributed by atoms with van der Waals surface area (Å²) in [6, 6.07) is 10.6. The summed E-state index contributed by atoms with van der Waals surface area (Å²) in [5.41, 5.74) is 3.36. The summed E-state index contributed by atoms with van der Waals surface area (Å²) >= 11 is 1.35. The molecule has 5 rings (SSSR count). The molecule has 33 heavy (non-hydrogen) atoms. The second-order valence-electron chi connectivity index (χ2n) is 8.27. The molecule has 0 aliphatic carbocycles. The molecule has 1 amide bonds. The molecule has 0 bridgehead atoms. The summed E-state index contributed by atoms with van der Waals surface area (Å²) in [6.45, 7) is 6.64. The zero-order valence-electron chi connectivity index (χ0n) is 18.8. The predicted molar refractivity (Wildman–Crippen MR) is 130 cm³/mol. The van der Waals surface area contributed by atoms with E-state index in [4.69, 9.17) is 9.15 Å². The van der Waals surface area contributed by atoms with E-state index >= 15 is 0 Å². The Bertz CT molecular complexity index is 1410. The van der Waals surface area contributed by atoms with Crippen LogP contribution in [0, 0.1) is 13.8 Å². The lowest BCUT2D eigenvalue weighted by Gasteiger charge is -2.23. The van der Waals surface area contributed by atoms with Gasteiger partial charge in [-0.1, -0.05) is 25.5 Å². The van der Waals surface area contributed by atoms with E-state index in [2.05, 4.69) is 11.9 Å². The van der Waals surface area contributed by atoms with Crippen LogP contribution < -0.4 is 15.1 Å². The quantitative estimate of drug-likeness (QED) is 0.340. The molecule has 1 unspecified atom stereocenters. The van der Waals surface area contributed by atoms with Gasteiger partial charge >= 0.3 is 0 Å². The molecule has 0 fully saturated rings. The van der Waals surface area contributed by atoms with Crippen LogP contribution in [0.4, 0.5) is 5.13 Å². The molecule has 1 aliphatic heterocycles. The van der Waals surface area contributed by atoms with Crippen LogP contribution >= 0.6 is 11.3 Å². The minimum atomic E-state index is -0.643. The molecule has 0 radical (unpaired) electrons. The SMILES string of the molecule is CCCCOc1cccc(C2c3c(oc4cc(C)c(C)cc4c3=O)C(=O)N2c2nccs2)c1. The average Bonchev–Trinajstić information content (AvgIpc) is 3.42. The van der Waals surface area contributed by atoms with E-state index in [9.17, 15) is 9.59 Å². The molecule has 6 nitrogen and oxygen atoms in total. The Morgan fingerprint density at radius 3 is 2.73 bits per heavy atom. The number of amides is 1. The number of anilines is 1. The summed E-state index contributed by atoms with van der Waals surface area (Å²) in [6.07, 6.45) is 3.64. The number of aromatic nitrogens is 1. The third-order valence-electron chi connectivity index (χ3n) is 6.05. The number of aryl methyl sites for hydroxylation is 2. The first kappa shape index (κ1) is 21.4. The molecule has 0 saturated carbocycles. The monoisotopic (exact) mass is 460 g/mol. The summed E-state index contributed by atoms with van der Waals surface area (Å²) < 4.78 is 12.0. The van der Waals surface area contributed by atoms with E-state index in [-0.39, 0.29) is 17.1 Å². The number of ether oxygens (including phenoxy) is 1. The Hall–Kier alpha value is -3.45. The molecule has 168 valence electrons. The number of hydrogen-bond acceptors (Lipinski definition) is 6. The van der Waals surface area contributed by atoms with Gasteiger partial charge in [0.1, 0.15) is 11.3 Å². The van der Waals surface area contributed by atoms with Crippen LogP contribution in [0.25, 0.3) is 11.0 Å². The van der Waals surface area contributed by atoms with Crippen molar-refractivity contribution >= 4 is 33.3 Å². The Kier molecular flexibility index (Phi) is 5.50. The Balaban J connectivity index is 1.72. The van der Waals surface area contributed by atoms with Crippen molar-refractivity contribution in [2.75, 3.05) is 11.5 Å². The van der Waals surface area contributed by atoms with Crippen molar-refractivity contribution in [1.82, 2.24) is 4.98 Å². The molecule has 0 saturated heterocycles. The summed E-state index contributed by atoms with van der Waals surface area (Å²) in [5, 5.41) is 2.81. The smallest absolute Gasteiger partial charge is 0.297 e. The number of unbranched alkanes of at least 4 members (excludes halogenated alkanes) is 1. The summed E-state index contributed by atoms with van der Waals surface area (Å²) in [7, 11) is 0. The fraction of sp³-hybridized carbons (Fsp3) is 0.269. The highest BCUT2D eigenvalue weighted by molar-refractivity contribution is 7.13. The van der Waals surface area contributed by atoms with Crippen molar-refractivity contribution < 1.29 is 13.9 Å². The highest BCUT2D eigenvalue weighted by Gasteiger charge is 2.44. The van der Waals surface area contributed by atoms with E-state index < -0.39 is 6.04 Å². The number of nitrogens with zero attached hydrogens (tertiary/aromatic N) is 2. The average molecular weight is 461 g/mol. The number of carbonyl (C=O) groups excluding carboxylic acids is 1. The number of carbonyl (C=O) groups is 1. The van der Waals surface area contributed by atoms with Gasteiger partial charge in [0.2, 0.25) is 5.76 Å². The van der Waals surface area contributed by atoms with E-state index in [1.807, 2.05) is 55.6 Å². The van der Waals surface area contributed by atoms with Crippen LogP contribution in [-0.4, -0.2) is 17.5 Å². The Labute approximate surface area is 195 Å². The van der Waals surface area contributed by atoms with Gasteiger partial charge in [0, 0.05) is 11.6 Å². The number of hydrogen-bond donors (Lipinski definition) is 0. The Morgan fingerprint density at radius 2 is 1.97 bits per heavy atom. The maximum absolute atomic E-state index is 13.7. The largest absolute Gasteiger partial charge is 0.494 e. The summed E-state index contributed by atoms with van der Waals surface area (Å²) in [5.74, 6) is 0.422. The first-order chi connectivity index (χ1) is 16.0. The highest BCUT2D eigenvalue weighted by Crippen LogP contribution is 2.42. The van der Waals surface area contributed by atoms with Crippen LogP contribution in [0.15, 0.2) is 57.2 Å². The van der Waals surface area contributed by atoms with Crippen molar-refractivity contribution in [3.63, 3.8) is 0 Å². The molecule has 0 spiro atoms. The molecule has 0 N–H and O–H groups in total. The van der Waals surface area contributed by atoms with Gasteiger partial charge in [0.05, 0.1) is 23.6 Å². The maximum atomic E-state index is 13.7. The first-order valence-electron chi connectivity index (χ1n) is 11.0. The minimum Gasteiger partial charge on any atom is -0.494 e. The van der Waals surface area contributed by atoms with Gasteiger partial charge in [0.15, 0.2) is 10.6 Å². The van der Waals surface area contributed by atoms with Gasteiger partial charge in [-0.2, -0.15) is 0 Å². The number of benzene rings is 2. The zero-order valence-corrected chi connectivity index (χ0v) is 19.6. The third-order valence-corrected chi connectivity index (χ3v) is 6.82. The molecule has 1 aliphatic rings. The van der Waals surface area contributed by atoms with Gasteiger partial charge in [-0.3, -0.25) is 14.5 Å². The Morgan fingerprint density at radius 1 is 1.15 bits per heavy atom. The molecule has 1 atom stereocenters. The van der Waals surface area contributed by atoms with Crippen LogP contribution in [0.5, 0.6) is 5.75 Å². The zero-order chi connectivity index (χ0) is 23.1. The molecule has 3 heterocycles. The van der Waals surface area contributed by atoms with Crippen LogP contribution in [0.3, 0.4) is 0 Å². The van der Waals surface area contributed by atoms with E-state index in [0.29, 0.717) is 34.0 Å². The van der Waals surface area contributed by atoms with Crippen molar-refractivity contribution in [3.05, 3.63) is 86.2 Å². The minimum absolute atomic E-state index is 0.0771. The molecule has 4 aromatic rings. The molecular formula is C26H24N2O4S. The van der Waals surface area contributed by atoms with Crippen molar-refractivity contribution in [2.24, 2.45) is 0 Å². The normalized spacial score (nSPS) is 15.3. The van der Waals surface area contributed by atoms with Crippen molar-refractivity contribution in [1.29, 1.82) is 0 Å². The molecule has 7 heteroatoms. The van der Waals surface area contributed by atoms with E-state index in [0.717, 1.165) is 29.5 Å². The van der Waals surface area contributed by atoms with Gasteiger partial charge in [-0.25, -0.2) is 4.98 Å². The topological polar surface area (TPSA) is 72.6 Å². The van der Waals surface area contributed by atoms with Crippen LogP contribution in [0.2, 0.25) is 0 Å². The molecule has 2 aromatic heterocycles. The second-order valence-corrected chi connectivity index (χ2v) is 9.15. The van der Waals surface area contributed by atoms with Crippen molar-refractivity contribution in [3.8, 4) is 5.75 Å². The van der Waals surface area contributed by atoms with Gasteiger partial charge in [-0.15, -0.1) is 11.3 Å². The second kappa shape index (κ2) is 8.48. The fourth-order valence-electron chi connectivity index (χ4n) is 4.18. The first-order valence-corrected chi connectivity index (χ1v) is 11.9. The lowest BCUT2D eigenvalue weighted by molar-refractivity contribution is 0.0971. The van der Waals surface area contributed by atoms with Crippen molar-refractivity contribution in [2.45, 2.75) is 39.7 Å². The lowest BCUT2D eigenvalue weighted by Crippen LogP contribution is -2.29. The predicted octanol–water partition coefficient (Wildman–Crippen LogP) is 5.80. The number of thiazole rings is 1. The van der Waals surface area contributed by atoms with Gasteiger partial charge in [0.25, 0.3) is 5.91 Å². The summed E-state index contributed by atoms with van der Waals surface area (Å²) in [4.78, 5) is 33.2. The highest BCUT2D eigenvalue weighted by atomic mass is 32.1. The molecular weight excluding hydrogens is 436 g/mol. The fourth-order valence-corrected chi connectivity index (χ4v) is 4.85. The third kappa shape index (κ3) is 3.62. The number of fused-ring (bicyclic) bond motifs is 2. The van der Waals surface area contributed by atoms with Crippen LogP contribution in [0.1, 0.15) is 58.6 Å². The lowest BCUT2D eigenvalue weighted by atomic mass is 9.97. The standard InChI is InChI=1S/C26H24N2O4S/c1-4-5-10-31-18-8-6-7-17(14-18)22-21-23(29)19-12-15(2)16(3)13-20(19)32-24(21)25(30)28(22)26-27-9-11-33-26/h6-9,11-14,22H,4-5,10H2,1-3H3. The van der Waals surface area contributed by atoms with Crippen LogP contribution in [-0.2, 0) is 0 Å². The van der Waals surface area contributed by atoms with Gasteiger partial charge in [-0.05, 0) is 61.2 Å². The van der Waals surface area contributed by atoms with E-state index in [1.165, 1.54) is 11.3 Å². The number of rotatable bonds is 6. The maximum Gasteiger partial charge on any atom is 0.297 e. The van der Waals surface area contributed by atoms with E-state index in [1.54, 1.807) is 11.1 Å².